The van der Waals surface area contributed by atoms with Gasteiger partial charge in [0.05, 0.1) is 11.4 Å². The molecular formula is C22H23ClN4O2. The fraction of sp³-hybridized carbons (Fsp3) is 0.318. The summed E-state index contributed by atoms with van der Waals surface area (Å²) in [4.78, 5) is 4.99. The van der Waals surface area contributed by atoms with Crippen LogP contribution in [-0.2, 0) is 9.47 Å². The summed E-state index contributed by atoms with van der Waals surface area (Å²) in [5, 5.41) is 9.50. The van der Waals surface area contributed by atoms with E-state index in [0.29, 0.717) is 24.1 Å². The molecule has 6 nitrogen and oxygen atoms in total. The Balaban J connectivity index is 1.95. The highest BCUT2D eigenvalue weighted by Gasteiger charge is 2.30. The van der Waals surface area contributed by atoms with Crippen molar-refractivity contribution in [2.24, 2.45) is 4.99 Å². The maximum absolute atomic E-state index is 6.38. The Bertz CT molecular complexity index is 1030. The number of benzene rings is 2. The van der Waals surface area contributed by atoms with E-state index in [1.54, 1.807) is 0 Å². The number of halogens is 1. The van der Waals surface area contributed by atoms with Crippen LogP contribution < -0.4 is 0 Å². The molecule has 0 fully saturated rings. The van der Waals surface area contributed by atoms with Crippen LogP contribution in [0.4, 0.5) is 0 Å². The maximum Gasteiger partial charge on any atom is 0.219 e. The van der Waals surface area contributed by atoms with Gasteiger partial charge in [0, 0.05) is 29.4 Å². The number of aromatic nitrogens is 3. The van der Waals surface area contributed by atoms with Gasteiger partial charge in [-0.1, -0.05) is 41.9 Å². The van der Waals surface area contributed by atoms with Crippen LogP contribution in [0, 0.1) is 0 Å². The van der Waals surface area contributed by atoms with Crippen LogP contribution >= 0.6 is 11.6 Å². The molecule has 150 valence electrons. The van der Waals surface area contributed by atoms with Crippen molar-refractivity contribution in [3.05, 3.63) is 76.3 Å². The first-order valence-corrected chi connectivity index (χ1v) is 10.1. The van der Waals surface area contributed by atoms with Gasteiger partial charge in [-0.3, -0.25) is 9.56 Å². The topological polar surface area (TPSA) is 61.5 Å². The zero-order chi connectivity index (χ0) is 20.4. The third-order valence-electron chi connectivity index (χ3n) is 4.76. The number of hydrogen-bond donors (Lipinski definition) is 0. The highest BCUT2D eigenvalue weighted by Crippen LogP contribution is 2.34. The third kappa shape index (κ3) is 3.71. The van der Waals surface area contributed by atoms with Crippen LogP contribution in [0.25, 0.3) is 5.69 Å². The molecule has 1 aliphatic heterocycles. The summed E-state index contributed by atoms with van der Waals surface area (Å²) in [6, 6.07) is 15.7. The molecule has 0 aliphatic carbocycles. The lowest BCUT2D eigenvalue weighted by Crippen LogP contribution is -2.17. The van der Waals surface area contributed by atoms with E-state index in [9.17, 15) is 0 Å². The molecule has 0 bridgehead atoms. The molecule has 0 radical (unpaired) electrons. The lowest BCUT2D eigenvalue weighted by atomic mass is 10.0. The highest BCUT2D eigenvalue weighted by atomic mass is 35.5. The van der Waals surface area contributed by atoms with Gasteiger partial charge in [-0.15, -0.1) is 10.2 Å². The second-order valence-corrected chi connectivity index (χ2v) is 7.11. The highest BCUT2D eigenvalue weighted by molar-refractivity contribution is 6.31. The second-order valence-electron chi connectivity index (χ2n) is 6.68. The number of ether oxygens (including phenoxy) is 2. The summed E-state index contributed by atoms with van der Waals surface area (Å²) < 4.78 is 13.6. The first-order valence-electron chi connectivity index (χ1n) is 9.76. The van der Waals surface area contributed by atoms with Gasteiger partial charge in [0.15, 0.2) is 11.6 Å². The van der Waals surface area contributed by atoms with Crippen LogP contribution in [0.15, 0.2) is 53.5 Å². The van der Waals surface area contributed by atoms with E-state index in [0.717, 1.165) is 28.4 Å². The summed E-state index contributed by atoms with van der Waals surface area (Å²) in [7, 11) is 0. The number of rotatable bonds is 6. The van der Waals surface area contributed by atoms with E-state index in [4.69, 9.17) is 26.1 Å². The van der Waals surface area contributed by atoms with E-state index >= 15 is 0 Å². The molecule has 1 aliphatic rings. The van der Waals surface area contributed by atoms with E-state index in [-0.39, 0.29) is 6.04 Å². The molecule has 2 heterocycles. The molecule has 3 aromatic rings. The van der Waals surface area contributed by atoms with Gasteiger partial charge in [-0.05, 0) is 39.0 Å². The predicted molar refractivity (Wildman–Crippen MR) is 113 cm³/mol. The fourth-order valence-corrected chi connectivity index (χ4v) is 3.69. The van der Waals surface area contributed by atoms with Crippen molar-refractivity contribution in [2.75, 3.05) is 13.2 Å². The Morgan fingerprint density at radius 2 is 1.76 bits per heavy atom. The largest absolute Gasteiger partial charge is 0.346 e. The molecule has 0 spiro atoms. The lowest BCUT2D eigenvalue weighted by Gasteiger charge is -2.19. The molecule has 29 heavy (non-hydrogen) atoms. The Kier molecular flexibility index (Phi) is 5.76. The van der Waals surface area contributed by atoms with Crippen LogP contribution in [-0.4, -0.2) is 33.7 Å². The van der Waals surface area contributed by atoms with Crippen molar-refractivity contribution in [3.8, 4) is 5.69 Å². The number of nitrogens with zero attached hydrogens (tertiary/aromatic N) is 4. The zero-order valence-corrected chi connectivity index (χ0v) is 17.4. The molecule has 4 rings (SSSR count). The Morgan fingerprint density at radius 3 is 2.45 bits per heavy atom. The van der Waals surface area contributed by atoms with E-state index < -0.39 is 6.29 Å². The van der Waals surface area contributed by atoms with Gasteiger partial charge in [-0.2, -0.15) is 0 Å². The average molecular weight is 411 g/mol. The van der Waals surface area contributed by atoms with Crippen molar-refractivity contribution in [3.63, 3.8) is 0 Å². The summed E-state index contributed by atoms with van der Waals surface area (Å²) in [6.45, 7) is 6.87. The van der Waals surface area contributed by atoms with E-state index in [1.807, 2.05) is 73.9 Å². The minimum Gasteiger partial charge on any atom is -0.346 e. The fourth-order valence-electron chi connectivity index (χ4n) is 3.52. The molecule has 7 heteroatoms. The molecule has 2 aromatic carbocycles. The average Bonchev–Trinajstić information content (AvgIpc) is 3.12. The predicted octanol–water partition coefficient (Wildman–Crippen LogP) is 4.90. The minimum absolute atomic E-state index is 0.207. The third-order valence-corrected chi connectivity index (χ3v) is 4.99. The Morgan fingerprint density at radius 1 is 1.03 bits per heavy atom. The Hall–Kier alpha value is -2.54. The summed E-state index contributed by atoms with van der Waals surface area (Å²) in [5.74, 6) is 1.34. The van der Waals surface area contributed by atoms with Gasteiger partial charge in [0.25, 0.3) is 0 Å². The van der Waals surface area contributed by atoms with Crippen molar-refractivity contribution < 1.29 is 9.47 Å². The summed E-state index contributed by atoms with van der Waals surface area (Å²) in [6.07, 6.45) is -0.611. The zero-order valence-electron chi connectivity index (χ0n) is 16.7. The van der Waals surface area contributed by atoms with Crippen LogP contribution in [0.3, 0.4) is 0 Å². The van der Waals surface area contributed by atoms with Gasteiger partial charge in [0.1, 0.15) is 6.04 Å². The maximum atomic E-state index is 6.38. The van der Waals surface area contributed by atoms with E-state index in [2.05, 4.69) is 10.2 Å². The molecule has 0 amide bonds. The minimum atomic E-state index is -0.611. The van der Waals surface area contributed by atoms with Crippen molar-refractivity contribution in [2.45, 2.75) is 33.1 Å². The normalized spacial score (nSPS) is 15.6. The molecule has 0 saturated carbocycles. The molecule has 1 unspecified atom stereocenters. The smallest absolute Gasteiger partial charge is 0.219 e. The monoisotopic (exact) mass is 410 g/mol. The lowest BCUT2D eigenvalue weighted by molar-refractivity contribution is -0.146. The van der Waals surface area contributed by atoms with E-state index in [1.165, 1.54) is 0 Å². The summed E-state index contributed by atoms with van der Waals surface area (Å²) in [5.41, 5.74) is 3.72. The van der Waals surface area contributed by atoms with Crippen molar-refractivity contribution in [1.82, 2.24) is 14.8 Å². The summed E-state index contributed by atoms with van der Waals surface area (Å²) >= 11 is 6.38. The van der Waals surface area contributed by atoms with Gasteiger partial charge in [-0.25, -0.2) is 0 Å². The number of fused-ring (bicyclic) bond motifs is 3. The van der Waals surface area contributed by atoms with Crippen LogP contribution in [0.1, 0.15) is 55.9 Å². The number of hydrogen-bond acceptors (Lipinski definition) is 5. The first-order chi connectivity index (χ1) is 14.1. The number of aliphatic imine (C=N–C) groups is 1. The van der Waals surface area contributed by atoms with Crippen LogP contribution in [0.2, 0.25) is 5.02 Å². The van der Waals surface area contributed by atoms with Gasteiger partial charge >= 0.3 is 0 Å². The second kappa shape index (κ2) is 8.45. The molecule has 1 atom stereocenters. The standard InChI is InChI=1S/C22H23ClN4O2/c1-4-28-22(29-5-2)21-26-25-20-14(3)24-19(15-9-7-6-8-10-15)17-13-16(23)11-12-18(17)27(20)21/h6-14,22H,4-5H2,1-3H3. The molecule has 1 aromatic heterocycles. The SMILES string of the molecule is CCOC(OCC)c1nnc2n1-c1ccc(Cl)cc1C(c1ccccc1)=NC2C. The quantitative estimate of drug-likeness (QED) is 0.542. The van der Waals surface area contributed by atoms with Gasteiger partial charge in [0.2, 0.25) is 6.29 Å². The first kappa shape index (κ1) is 19.8. The van der Waals surface area contributed by atoms with Gasteiger partial charge < -0.3 is 9.47 Å². The van der Waals surface area contributed by atoms with Crippen molar-refractivity contribution >= 4 is 17.3 Å². The molecule has 0 saturated heterocycles. The molecular weight excluding hydrogens is 388 g/mol. The van der Waals surface area contributed by atoms with Crippen LogP contribution in [0.5, 0.6) is 0 Å². The molecule has 0 N–H and O–H groups in total. The Labute approximate surface area is 175 Å². The van der Waals surface area contributed by atoms with Crippen molar-refractivity contribution in [1.29, 1.82) is 0 Å².